The van der Waals surface area contributed by atoms with Crippen molar-refractivity contribution in [3.63, 3.8) is 0 Å². The number of rotatable bonds is 2. The molecule has 0 heterocycles. The van der Waals surface area contributed by atoms with Crippen molar-refractivity contribution >= 4 is 39.2 Å². The van der Waals surface area contributed by atoms with Gasteiger partial charge in [0.1, 0.15) is 0 Å². The Balaban J connectivity index is 4.40. The van der Waals surface area contributed by atoms with Crippen LogP contribution in [0, 0.1) is 0 Å². The number of carbonyl (C=O) groups is 2. The van der Waals surface area contributed by atoms with E-state index in [-0.39, 0.29) is 0 Å². The molecule has 58 valence electrons. The number of nitrogens with one attached hydrogen (secondary N) is 1. The third-order valence-corrected chi connectivity index (χ3v) is 2.31. The van der Waals surface area contributed by atoms with Gasteiger partial charge in [0.25, 0.3) is 5.91 Å². The molecular weight excluding hydrogens is 221 g/mol. The van der Waals surface area contributed by atoms with Crippen molar-refractivity contribution in [2.24, 2.45) is 0 Å². The third-order valence-electron chi connectivity index (χ3n) is 0.954. The quantitative estimate of drug-likeness (QED) is 0.557. The molecule has 0 aliphatic rings. The summed E-state index contributed by atoms with van der Waals surface area (Å²) < 4.78 is -1.60. The van der Waals surface area contributed by atoms with Gasteiger partial charge in [0.2, 0.25) is 3.78 Å². The van der Waals surface area contributed by atoms with Crippen LogP contribution in [0.15, 0.2) is 0 Å². The van der Waals surface area contributed by atoms with Gasteiger partial charge in [-0.1, -0.05) is 11.6 Å². The first kappa shape index (κ1) is 9.91. The van der Waals surface area contributed by atoms with Crippen LogP contribution in [0.2, 0.25) is 0 Å². The predicted molar refractivity (Wildman–Crippen MR) is 42.3 cm³/mol. The Labute approximate surface area is 72.2 Å². The van der Waals surface area contributed by atoms with Crippen molar-refractivity contribution in [3.05, 3.63) is 0 Å². The Morgan fingerprint density at radius 3 is 2.10 bits per heavy atom. The summed E-state index contributed by atoms with van der Waals surface area (Å²) in [5.41, 5.74) is 0. The monoisotopic (exact) mass is 227 g/mol. The first-order valence-corrected chi connectivity index (χ1v) is 3.71. The van der Waals surface area contributed by atoms with Crippen LogP contribution in [-0.4, -0.2) is 22.5 Å². The van der Waals surface area contributed by atoms with E-state index in [9.17, 15) is 9.59 Å². The fourth-order valence-corrected chi connectivity index (χ4v) is 0.610. The third kappa shape index (κ3) is 1.95. The summed E-state index contributed by atoms with van der Waals surface area (Å²) in [6, 6.07) is 0. The number of alkyl halides is 2. The molecule has 0 spiro atoms. The SMILES string of the molecule is CNC(=O)C(Cl)(Br)C(C)=O. The molecular formula is C5H7BrClNO2. The average Bonchev–Trinajstić information content (AvgIpc) is 1.86. The molecule has 1 N–H and O–H groups in total. The van der Waals surface area contributed by atoms with Gasteiger partial charge in [-0.05, 0) is 22.9 Å². The molecule has 0 saturated carbocycles. The number of carbonyl (C=O) groups excluding carboxylic acids is 2. The maximum Gasteiger partial charge on any atom is 0.259 e. The molecule has 0 aromatic rings. The minimum atomic E-state index is -1.60. The van der Waals surface area contributed by atoms with Gasteiger partial charge in [0.05, 0.1) is 0 Å². The topological polar surface area (TPSA) is 46.2 Å². The number of halogens is 2. The van der Waals surface area contributed by atoms with E-state index in [0.29, 0.717) is 0 Å². The molecule has 0 aromatic heterocycles. The molecule has 0 aromatic carbocycles. The zero-order valence-corrected chi connectivity index (χ0v) is 7.91. The molecule has 10 heavy (non-hydrogen) atoms. The van der Waals surface area contributed by atoms with E-state index in [1.807, 2.05) is 0 Å². The van der Waals surface area contributed by atoms with Gasteiger partial charge >= 0.3 is 0 Å². The van der Waals surface area contributed by atoms with Gasteiger partial charge in [-0.25, -0.2) is 0 Å². The van der Waals surface area contributed by atoms with Gasteiger partial charge in [-0.15, -0.1) is 0 Å². The van der Waals surface area contributed by atoms with Crippen molar-refractivity contribution in [2.45, 2.75) is 10.7 Å². The summed E-state index contributed by atoms with van der Waals surface area (Å²) in [6.07, 6.45) is 0. The summed E-state index contributed by atoms with van der Waals surface area (Å²) in [7, 11) is 1.41. The largest absolute Gasteiger partial charge is 0.356 e. The lowest BCUT2D eigenvalue weighted by atomic mass is 10.3. The smallest absolute Gasteiger partial charge is 0.259 e. The van der Waals surface area contributed by atoms with Crippen LogP contribution in [0.25, 0.3) is 0 Å². The average molecular weight is 228 g/mol. The molecule has 0 rings (SSSR count). The van der Waals surface area contributed by atoms with E-state index in [1.54, 1.807) is 0 Å². The molecule has 1 atom stereocenters. The Hall–Kier alpha value is -0.0900. The molecule has 1 unspecified atom stereocenters. The summed E-state index contributed by atoms with van der Waals surface area (Å²) in [5, 5.41) is 2.25. The number of hydrogen-bond donors (Lipinski definition) is 1. The lowest BCUT2D eigenvalue weighted by Gasteiger charge is -2.12. The van der Waals surface area contributed by atoms with Crippen LogP contribution in [0.1, 0.15) is 6.92 Å². The van der Waals surface area contributed by atoms with E-state index in [1.165, 1.54) is 14.0 Å². The molecule has 0 bridgehead atoms. The standard InChI is InChI=1S/C5H7BrClNO2/c1-3(9)5(6,7)4(10)8-2/h1-2H3,(H,8,10). The Bertz CT molecular complexity index is 169. The van der Waals surface area contributed by atoms with Crippen LogP contribution in [0.5, 0.6) is 0 Å². The molecule has 0 fully saturated rings. The second-order valence-corrected chi connectivity index (χ2v) is 3.92. The van der Waals surface area contributed by atoms with Gasteiger partial charge in [0.15, 0.2) is 5.78 Å². The molecule has 0 radical (unpaired) electrons. The molecule has 3 nitrogen and oxygen atoms in total. The number of hydrogen-bond acceptors (Lipinski definition) is 2. The number of ketones is 1. The fraction of sp³-hybridized carbons (Fsp3) is 0.600. The summed E-state index contributed by atoms with van der Waals surface area (Å²) in [6.45, 7) is 1.23. The van der Waals surface area contributed by atoms with Crippen molar-refractivity contribution in [2.75, 3.05) is 7.05 Å². The first-order valence-electron chi connectivity index (χ1n) is 2.54. The van der Waals surface area contributed by atoms with Crippen LogP contribution in [0.4, 0.5) is 0 Å². The van der Waals surface area contributed by atoms with E-state index in [0.717, 1.165) is 0 Å². The van der Waals surface area contributed by atoms with Crippen LogP contribution >= 0.6 is 27.5 Å². The van der Waals surface area contributed by atoms with E-state index in [4.69, 9.17) is 11.6 Å². The highest BCUT2D eigenvalue weighted by Gasteiger charge is 2.37. The summed E-state index contributed by atoms with van der Waals surface area (Å²) >= 11 is 8.25. The van der Waals surface area contributed by atoms with Crippen LogP contribution in [0.3, 0.4) is 0 Å². The zero-order valence-electron chi connectivity index (χ0n) is 5.57. The lowest BCUT2D eigenvalue weighted by Crippen LogP contribution is -2.40. The van der Waals surface area contributed by atoms with Gasteiger partial charge in [-0.2, -0.15) is 0 Å². The molecule has 0 aliphatic heterocycles. The highest BCUT2D eigenvalue weighted by molar-refractivity contribution is 9.11. The van der Waals surface area contributed by atoms with Gasteiger partial charge in [0, 0.05) is 7.05 Å². The minimum absolute atomic E-state index is 0.437. The Morgan fingerprint density at radius 1 is 1.60 bits per heavy atom. The predicted octanol–water partition coefficient (Wildman–Crippen LogP) is 0.651. The molecule has 5 heteroatoms. The highest BCUT2D eigenvalue weighted by atomic mass is 79.9. The zero-order chi connectivity index (χ0) is 8.36. The van der Waals surface area contributed by atoms with Gasteiger partial charge in [-0.3, -0.25) is 9.59 Å². The van der Waals surface area contributed by atoms with E-state index in [2.05, 4.69) is 21.2 Å². The van der Waals surface area contributed by atoms with Crippen molar-refractivity contribution in [1.29, 1.82) is 0 Å². The maximum atomic E-state index is 10.8. The maximum absolute atomic E-state index is 10.8. The second-order valence-electron chi connectivity index (χ2n) is 1.71. The van der Waals surface area contributed by atoms with Crippen LogP contribution in [-0.2, 0) is 9.59 Å². The minimum Gasteiger partial charge on any atom is -0.356 e. The van der Waals surface area contributed by atoms with Crippen molar-refractivity contribution in [3.8, 4) is 0 Å². The molecule has 0 aliphatic carbocycles. The molecule has 1 amide bonds. The summed E-state index contributed by atoms with van der Waals surface area (Å²) in [4.78, 5) is 21.4. The number of amides is 1. The number of Topliss-reactive ketones (excluding diaryl/α,β-unsaturated/α-hetero) is 1. The highest BCUT2D eigenvalue weighted by Crippen LogP contribution is 2.24. The Kier molecular flexibility index (Phi) is 3.31. The first-order chi connectivity index (χ1) is 4.42. The Morgan fingerprint density at radius 2 is 2.00 bits per heavy atom. The normalized spacial score (nSPS) is 15.6. The van der Waals surface area contributed by atoms with E-state index < -0.39 is 15.5 Å². The van der Waals surface area contributed by atoms with Gasteiger partial charge < -0.3 is 5.32 Å². The summed E-state index contributed by atoms with van der Waals surface area (Å²) in [5.74, 6) is -0.991. The van der Waals surface area contributed by atoms with Crippen LogP contribution < -0.4 is 5.32 Å². The van der Waals surface area contributed by atoms with E-state index >= 15 is 0 Å². The van der Waals surface area contributed by atoms with Crippen molar-refractivity contribution in [1.82, 2.24) is 5.32 Å². The fourth-order valence-electron chi connectivity index (χ4n) is 0.317. The van der Waals surface area contributed by atoms with Crippen molar-refractivity contribution < 1.29 is 9.59 Å². The lowest BCUT2D eigenvalue weighted by molar-refractivity contribution is -0.127. The molecule has 0 saturated heterocycles. The second kappa shape index (κ2) is 3.34.